The van der Waals surface area contributed by atoms with Crippen LogP contribution in [-0.4, -0.2) is 32.4 Å². The maximum Gasteiger partial charge on any atom is 0.301 e. The van der Waals surface area contributed by atoms with Gasteiger partial charge in [0.1, 0.15) is 0 Å². The molecule has 0 rings (SSSR count). The van der Waals surface area contributed by atoms with Gasteiger partial charge in [-0.1, -0.05) is 18.7 Å². The van der Waals surface area contributed by atoms with Gasteiger partial charge in [-0.3, -0.25) is 4.84 Å². The standard InChI is InChI=1S/C8H20N2O3S/c1-7(2)6-13-9-14(11,12)10(5)8(3)4/h7-9H,6H2,1-5H3. The first-order valence-corrected chi connectivity index (χ1v) is 6.08. The lowest BCUT2D eigenvalue weighted by atomic mass is 10.2. The Kier molecular flexibility index (Phi) is 5.58. The fraction of sp³-hybridized carbons (Fsp3) is 1.00. The van der Waals surface area contributed by atoms with Crippen molar-refractivity contribution in [2.75, 3.05) is 13.7 Å². The Hall–Kier alpha value is -0.170. The topological polar surface area (TPSA) is 58.6 Å². The molecule has 0 aromatic carbocycles. The third kappa shape index (κ3) is 4.90. The van der Waals surface area contributed by atoms with Crippen LogP contribution in [-0.2, 0) is 15.0 Å². The van der Waals surface area contributed by atoms with Crippen LogP contribution < -0.4 is 4.89 Å². The van der Waals surface area contributed by atoms with Crippen molar-refractivity contribution in [2.24, 2.45) is 5.92 Å². The van der Waals surface area contributed by atoms with Crippen molar-refractivity contribution >= 4 is 10.2 Å². The number of rotatable bonds is 6. The van der Waals surface area contributed by atoms with Gasteiger partial charge >= 0.3 is 10.2 Å². The van der Waals surface area contributed by atoms with Gasteiger partial charge in [-0.25, -0.2) is 0 Å². The molecule has 0 aromatic rings. The summed E-state index contributed by atoms with van der Waals surface area (Å²) >= 11 is 0. The van der Waals surface area contributed by atoms with E-state index >= 15 is 0 Å². The average molecular weight is 224 g/mol. The molecule has 86 valence electrons. The number of nitrogens with zero attached hydrogens (tertiary/aromatic N) is 1. The molecule has 0 aliphatic rings. The van der Waals surface area contributed by atoms with Gasteiger partial charge in [0, 0.05) is 13.1 Å². The molecule has 0 aliphatic heterocycles. The summed E-state index contributed by atoms with van der Waals surface area (Å²) in [6, 6.07) is -0.0878. The van der Waals surface area contributed by atoms with Gasteiger partial charge < -0.3 is 0 Å². The Labute approximate surface area is 86.6 Å². The molecule has 0 amide bonds. The molecule has 0 aromatic heterocycles. The third-order valence-electron chi connectivity index (χ3n) is 1.69. The van der Waals surface area contributed by atoms with E-state index in [-0.39, 0.29) is 6.04 Å². The first-order valence-electron chi connectivity index (χ1n) is 4.64. The van der Waals surface area contributed by atoms with Crippen molar-refractivity contribution in [3.8, 4) is 0 Å². The molecule has 0 aliphatic carbocycles. The predicted molar refractivity (Wildman–Crippen MR) is 55.7 cm³/mol. The van der Waals surface area contributed by atoms with Gasteiger partial charge in [-0.15, -0.1) is 0 Å². The molecule has 0 bridgehead atoms. The lowest BCUT2D eigenvalue weighted by molar-refractivity contribution is 0.0674. The molecule has 0 atom stereocenters. The third-order valence-corrected chi connectivity index (χ3v) is 3.20. The highest BCUT2D eigenvalue weighted by atomic mass is 32.2. The second-order valence-corrected chi connectivity index (χ2v) is 5.60. The summed E-state index contributed by atoms with van der Waals surface area (Å²) in [4.78, 5) is 6.92. The van der Waals surface area contributed by atoms with Crippen molar-refractivity contribution in [1.29, 1.82) is 0 Å². The van der Waals surface area contributed by atoms with E-state index in [1.54, 1.807) is 13.8 Å². The van der Waals surface area contributed by atoms with E-state index in [1.807, 2.05) is 13.8 Å². The highest BCUT2D eigenvalue weighted by Crippen LogP contribution is 2.01. The van der Waals surface area contributed by atoms with Gasteiger partial charge in [0.2, 0.25) is 0 Å². The summed E-state index contributed by atoms with van der Waals surface area (Å²) in [7, 11) is -1.99. The van der Waals surface area contributed by atoms with Gasteiger partial charge in [0.15, 0.2) is 0 Å². The lowest BCUT2D eigenvalue weighted by Crippen LogP contribution is -2.42. The maximum atomic E-state index is 11.4. The van der Waals surface area contributed by atoms with E-state index in [1.165, 1.54) is 11.4 Å². The van der Waals surface area contributed by atoms with E-state index in [9.17, 15) is 8.42 Å². The SMILES string of the molecule is CC(C)CONS(=O)(=O)N(C)C(C)C. The Balaban J connectivity index is 4.09. The largest absolute Gasteiger partial charge is 0.301 e. The number of nitrogens with one attached hydrogen (secondary N) is 1. The summed E-state index contributed by atoms with van der Waals surface area (Å²) in [6.45, 7) is 7.84. The molecule has 14 heavy (non-hydrogen) atoms. The molecular weight excluding hydrogens is 204 g/mol. The molecule has 5 nitrogen and oxygen atoms in total. The van der Waals surface area contributed by atoms with Crippen LogP contribution in [0.2, 0.25) is 0 Å². The number of hydrogen-bond donors (Lipinski definition) is 1. The van der Waals surface area contributed by atoms with Crippen LogP contribution in [0.25, 0.3) is 0 Å². The highest BCUT2D eigenvalue weighted by molar-refractivity contribution is 7.87. The van der Waals surface area contributed by atoms with Crippen molar-refractivity contribution in [3.05, 3.63) is 0 Å². The molecular formula is C8H20N2O3S. The van der Waals surface area contributed by atoms with Crippen LogP contribution in [0.1, 0.15) is 27.7 Å². The van der Waals surface area contributed by atoms with Crippen LogP contribution in [0.15, 0.2) is 0 Å². The molecule has 0 radical (unpaired) electrons. The minimum Gasteiger partial charge on any atom is -0.286 e. The Morgan fingerprint density at radius 1 is 1.29 bits per heavy atom. The predicted octanol–water partition coefficient (Wildman–Crippen LogP) is 0.749. The van der Waals surface area contributed by atoms with Crippen molar-refractivity contribution in [1.82, 2.24) is 9.19 Å². The zero-order valence-electron chi connectivity index (χ0n) is 9.44. The molecule has 0 saturated carbocycles. The first-order chi connectivity index (χ1) is 6.27. The fourth-order valence-electron chi connectivity index (χ4n) is 0.611. The summed E-state index contributed by atoms with van der Waals surface area (Å²) in [6.07, 6.45) is 0. The van der Waals surface area contributed by atoms with E-state index in [0.717, 1.165) is 0 Å². The van der Waals surface area contributed by atoms with Crippen LogP contribution >= 0.6 is 0 Å². The van der Waals surface area contributed by atoms with Gasteiger partial charge in [-0.05, 0) is 19.8 Å². The van der Waals surface area contributed by atoms with Gasteiger partial charge in [0.25, 0.3) is 0 Å². The van der Waals surface area contributed by atoms with Crippen LogP contribution in [0.3, 0.4) is 0 Å². The Morgan fingerprint density at radius 2 is 1.79 bits per heavy atom. The lowest BCUT2D eigenvalue weighted by Gasteiger charge is -2.21. The quantitative estimate of drug-likeness (QED) is 0.677. The van der Waals surface area contributed by atoms with Gasteiger partial charge in [0.05, 0.1) is 6.61 Å². The summed E-state index contributed by atoms with van der Waals surface area (Å²) < 4.78 is 24.1. The molecule has 0 unspecified atom stereocenters. The average Bonchev–Trinajstić information content (AvgIpc) is 2.01. The van der Waals surface area contributed by atoms with Crippen LogP contribution in [0.4, 0.5) is 0 Å². The minimum atomic E-state index is -3.49. The smallest absolute Gasteiger partial charge is 0.286 e. The van der Waals surface area contributed by atoms with E-state index in [2.05, 4.69) is 4.89 Å². The van der Waals surface area contributed by atoms with Crippen LogP contribution in [0.5, 0.6) is 0 Å². The van der Waals surface area contributed by atoms with E-state index in [4.69, 9.17) is 4.84 Å². The highest BCUT2D eigenvalue weighted by Gasteiger charge is 2.20. The fourth-order valence-corrected chi connectivity index (χ4v) is 1.50. The first kappa shape index (κ1) is 13.8. The minimum absolute atomic E-state index is 0.0878. The summed E-state index contributed by atoms with van der Waals surface area (Å²) in [5.41, 5.74) is 0. The monoisotopic (exact) mass is 224 g/mol. The second-order valence-electron chi connectivity index (χ2n) is 3.90. The molecule has 6 heteroatoms. The summed E-state index contributed by atoms with van der Waals surface area (Å²) in [5.74, 6) is 0.294. The van der Waals surface area contributed by atoms with Crippen molar-refractivity contribution in [3.63, 3.8) is 0 Å². The Morgan fingerprint density at radius 3 is 2.14 bits per heavy atom. The van der Waals surface area contributed by atoms with Crippen molar-refractivity contribution in [2.45, 2.75) is 33.7 Å². The summed E-state index contributed by atoms with van der Waals surface area (Å²) in [5, 5.41) is 0. The maximum absolute atomic E-state index is 11.4. The zero-order chi connectivity index (χ0) is 11.4. The van der Waals surface area contributed by atoms with E-state index in [0.29, 0.717) is 12.5 Å². The molecule has 0 fully saturated rings. The molecule has 0 spiro atoms. The molecule has 0 heterocycles. The van der Waals surface area contributed by atoms with Gasteiger partial charge in [-0.2, -0.15) is 12.7 Å². The second kappa shape index (κ2) is 5.65. The normalized spacial score (nSPS) is 13.1. The van der Waals surface area contributed by atoms with E-state index < -0.39 is 10.2 Å². The molecule has 1 N–H and O–H groups in total. The zero-order valence-corrected chi connectivity index (χ0v) is 10.3. The molecule has 0 saturated heterocycles. The Bertz CT molecular complexity index is 249. The van der Waals surface area contributed by atoms with Crippen molar-refractivity contribution < 1.29 is 13.3 Å². The number of hydrogen-bond acceptors (Lipinski definition) is 3. The van der Waals surface area contributed by atoms with Crippen LogP contribution in [0, 0.1) is 5.92 Å².